The first kappa shape index (κ1) is 13.4. The number of nitrogen functional groups attached to an aromatic ring is 1. The number of hydrogen-bond donors (Lipinski definition) is 1. The van der Waals surface area contributed by atoms with Crippen molar-refractivity contribution in [3.63, 3.8) is 0 Å². The highest BCUT2D eigenvalue weighted by Gasteiger charge is 2.15. The van der Waals surface area contributed by atoms with E-state index in [1.54, 1.807) is 18.2 Å². The molecular weight excluding hydrogens is 286 g/mol. The zero-order valence-electron chi connectivity index (χ0n) is 11.4. The summed E-state index contributed by atoms with van der Waals surface area (Å²) in [6.07, 6.45) is 0. The van der Waals surface area contributed by atoms with Crippen LogP contribution in [0.1, 0.15) is 16.8 Å². The molecule has 0 amide bonds. The van der Waals surface area contributed by atoms with Crippen LogP contribution >= 0.6 is 11.8 Å². The van der Waals surface area contributed by atoms with Gasteiger partial charge in [-0.15, -0.1) is 5.10 Å². The van der Waals surface area contributed by atoms with E-state index in [0.717, 1.165) is 11.3 Å². The van der Waals surface area contributed by atoms with Crippen molar-refractivity contribution in [1.29, 1.82) is 5.26 Å². The second-order valence-corrected chi connectivity index (χ2v) is 5.45. The summed E-state index contributed by atoms with van der Waals surface area (Å²) in [7, 11) is 0. The number of aryl methyl sites for hydroxylation is 1. The van der Waals surface area contributed by atoms with Crippen LogP contribution in [0.15, 0.2) is 32.9 Å². The van der Waals surface area contributed by atoms with Crippen LogP contribution in [0.4, 0.5) is 5.69 Å². The van der Waals surface area contributed by atoms with Crippen LogP contribution in [-0.4, -0.2) is 15.2 Å². The van der Waals surface area contributed by atoms with E-state index in [0.29, 0.717) is 32.6 Å². The standard InChI is InChI=1S/C14H11N5OS/c1-7-8(2)18-19-13(10(7)6-15)21-14-17-11-5-9(16)3-4-12(11)20-14/h3-5H,16H2,1-2H3. The third-order valence-corrected chi connectivity index (χ3v) is 3.94. The maximum atomic E-state index is 9.28. The predicted octanol–water partition coefficient (Wildman–Crippen LogP) is 2.84. The molecule has 0 fully saturated rings. The Morgan fingerprint density at radius 3 is 2.86 bits per heavy atom. The maximum Gasteiger partial charge on any atom is 0.263 e. The van der Waals surface area contributed by atoms with E-state index in [4.69, 9.17) is 10.2 Å². The fourth-order valence-corrected chi connectivity index (χ4v) is 2.66. The lowest BCUT2D eigenvalue weighted by Gasteiger charge is -2.03. The van der Waals surface area contributed by atoms with Gasteiger partial charge in [0, 0.05) is 5.69 Å². The molecule has 2 heterocycles. The number of aromatic nitrogens is 3. The summed E-state index contributed by atoms with van der Waals surface area (Å²) in [5.41, 5.74) is 9.70. The molecule has 0 atom stereocenters. The van der Waals surface area contributed by atoms with Crippen molar-refractivity contribution >= 4 is 28.5 Å². The molecule has 6 nitrogen and oxygen atoms in total. The molecule has 0 radical (unpaired) electrons. The first-order chi connectivity index (χ1) is 10.1. The maximum absolute atomic E-state index is 9.28. The fourth-order valence-electron chi connectivity index (χ4n) is 1.84. The predicted molar refractivity (Wildman–Crippen MR) is 78.8 cm³/mol. The van der Waals surface area contributed by atoms with Crippen LogP contribution in [0.3, 0.4) is 0 Å². The minimum absolute atomic E-state index is 0.407. The Balaban J connectivity index is 2.03. The van der Waals surface area contributed by atoms with Crippen molar-refractivity contribution in [1.82, 2.24) is 15.2 Å². The van der Waals surface area contributed by atoms with Crippen LogP contribution in [0.25, 0.3) is 11.1 Å². The Morgan fingerprint density at radius 1 is 1.29 bits per heavy atom. The van der Waals surface area contributed by atoms with Crippen molar-refractivity contribution < 1.29 is 4.42 Å². The van der Waals surface area contributed by atoms with Crippen molar-refractivity contribution in [2.45, 2.75) is 24.1 Å². The molecule has 1 aromatic carbocycles. The quantitative estimate of drug-likeness (QED) is 0.725. The molecule has 21 heavy (non-hydrogen) atoms. The Labute approximate surface area is 125 Å². The summed E-state index contributed by atoms with van der Waals surface area (Å²) < 4.78 is 5.62. The van der Waals surface area contributed by atoms with Gasteiger partial charge in [0.05, 0.1) is 11.3 Å². The van der Waals surface area contributed by atoms with E-state index in [1.807, 2.05) is 13.8 Å². The summed E-state index contributed by atoms with van der Waals surface area (Å²) in [5, 5.41) is 18.3. The number of hydrogen-bond acceptors (Lipinski definition) is 7. The lowest BCUT2D eigenvalue weighted by Crippen LogP contribution is -1.98. The van der Waals surface area contributed by atoms with E-state index in [1.165, 1.54) is 11.8 Å². The summed E-state index contributed by atoms with van der Waals surface area (Å²) in [4.78, 5) is 4.34. The molecular formula is C14H11N5OS. The number of fused-ring (bicyclic) bond motifs is 1. The summed E-state index contributed by atoms with van der Waals surface area (Å²) >= 11 is 1.18. The number of rotatable bonds is 2. The number of nitrogens with two attached hydrogens (primary N) is 1. The van der Waals surface area contributed by atoms with Gasteiger partial charge < -0.3 is 10.2 Å². The van der Waals surface area contributed by atoms with Gasteiger partial charge in [0.1, 0.15) is 16.6 Å². The van der Waals surface area contributed by atoms with Gasteiger partial charge in [-0.25, -0.2) is 4.98 Å². The Morgan fingerprint density at radius 2 is 2.10 bits per heavy atom. The number of anilines is 1. The molecule has 0 spiro atoms. The molecule has 104 valence electrons. The highest BCUT2D eigenvalue weighted by Crippen LogP contribution is 2.32. The van der Waals surface area contributed by atoms with E-state index >= 15 is 0 Å². The number of benzene rings is 1. The van der Waals surface area contributed by atoms with E-state index < -0.39 is 0 Å². The molecule has 0 bridgehead atoms. The van der Waals surface area contributed by atoms with E-state index in [-0.39, 0.29) is 0 Å². The summed E-state index contributed by atoms with van der Waals surface area (Å²) in [6.45, 7) is 3.67. The summed E-state index contributed by atoms with van der Waals surface area (Å²) in [5.74, 6) is 0. The monoisotopic (exact) mass is 297 g/mol. The Hall–Kier alpha value is -2.59. The molecule has 2 aromatic heterocycles. The number of nitrogens with zero attached hydrogens (tertiary/aromatic N) is 4. The molecule has 7 heteroatoms. The lowest BCUT2D eigenvalue weighted by atomic mass is 10.1. The van der Waals surface area contributed by atoms with Gasteiger partial charge in [0.25, 0.3) is 5.22 Å². The third kappa shape index (κ3) is 2.41. The summed E-state index contributed by atoms with van der Waals surface area (Å²) in [6, 6.07) is 7.40. The average molecular weight is 297 g/mol. The van der Waals surface area contributed by atoms with Gasteiger partial charge in [0.15, 0.2) is 5.58 Å². The van der Waals surface area contributed by atoms with Crippen molar-refractivity contribution in [2.75, 3.05) is 5.73 Å². The highest BCUT2D eigenvalue weighted by molar-refractivity contribution is 7.99. The molecule has 0 aliphatic heterocycles. The van der Waals surface area contributed by atoms with Gasteiger partial charge in [-0.3, -0.25) is 0 Å². The topological polar surface area (TPSA) is 102 Å². The third-order valence-electron chi connectivity index (χ3n) is 3.11. The molecule has 2 N–H and O–H groups in total. The van der Waals surface area contributed by atoms with E-state index in [2.05, 4.69) is 21.3 Å². The van der Waals surface area contributed by atoms with Gasteiger partial charge >= 0.3 is 0 Å². The van der Waals surface area contributed by atoms with Crippen LogP contribution in [-0.2, 0) is 0 Å². The highest BCUT2D eigenvalue weighted by atomic mass is 32.2. The first-order valence-electron chi connectivity index (χ1n) is 6.16. The number of nitriles is 1. The van der Waals surface area contributed by atoms with Gasteiger partial charge in [-0.2, -0.15) is 10.4 Å². The van der Waals surface area contributed by atoms with Crippen LogP contribution in [0.2, 0.25) is 0 Å². The van der Waals surface area contributed by atoms with Gasteiger partial charge in [-0.1, -0.05) is 0 Å². The molecule has 0 unspecified atom stereocenters. The van der Waals surface area contributed by atoms with Crippen molar-refractivity contribution in [2.24, 2.45) is 0 Å². The van der Waals surface area contributed by atoms with Gasteiger partial charge in [0.2, 0.25) is 0 Å². The second-order valence-electron chi connectivity index (χ2n) is 4.51. The van der Waals surface area contributed by atoms with Crippen molar-refractivity contribution in [3.8, 4) is 6.07 Å². The van der Waals surface area contributed by atoms with Crippen LogP contribution < -0.4 is 5.73 Å². The first-order valence-corrected chi connectivity index (χ1v) is 6.98. The van der Waals surface area contributed by atoms with Crippen molar-refractivity contribution in [3.05, 3.63) is 35.0 Å². The minimum atomic E-state index is 0.407. The largest absolute Gasteiger partial charge is 0.431 e. The zero-order chi connectivity index (χ0) is 15.0. The normalized spacial score (nSPS) is 10.7. The molecule has 0 saturated heterocycles. The van der Waals surface area contributed by atoms with Crippen LogP contribution in [0.5, 0.6) is 0 Å². The van der Waals surface area contributed by atoms with Gasteiger partial charge in [-0.05, 0) is 49.4 Å². The lowest BCUT2D eigenvalue weighted by molar-refractivity contribution is 0.489. The average Bonchev–Trinajstić information content (AvgIpc) is 2.84. The number of oxazole rings is 1. The fraction of sp³-hybridized carbons (Fsp3) is 0.143. The second kappa shape index (κ2) is 5.07. The SMILES string of the molecule is Cc1nnc(Sc2nc3cc(N)ccc3o2)c(C#N)c1C. The molecule has 3 rings (SSSR count). The molecule has 0 aliphatic rings. The molecule has 3 aromatic rings. The Bertz CT molecular complexity index is 881. The minimum Gasteiger partial charge on any atom is -0.431 e. The Kier molecular flexibility index (Phi) is 3.23. The smallest absolute Gasteiger partial charge is 0.263 e. The zero-order valence-corrected chi connectivity index (χ0v) is 12.2. The van der Waals surface area contributed by atoms with E-state index in [9.17, 15) is 5.26 Å². The molecule has 0 aliphatic carbocycles. The van der Waals surface area contributed by atoms with Crippen LogP contribution in [0, 0.1) is 25.2 Å². The molecule has 0 saturated carbocycles.